The second-order valence-electron chi connectivity index (χ2n) is 4.19. The maximum Gasteiger partial charge on any atom is 0.344 e. The number of carbonyl (C=O) groups excluding carboxylic acids is 2. The van der Waals surface area contributed by atoms with Crippen molar-refractivity contribution in [2.45, 2.75) is 0 Å². The predicted octanol–water partition coefficient (Wildman–Crippen LogP) is 1.04. The van der Waals surface area contributed by atoms with Gasteiger partial charge in [0.25, 0.3) is 11.5 Å². The topological polar surface area (TPSA) is 112 Å². The molecule has 2 N–H and O–H groups in total. The molecule has 0 aliphatic carbocycles. The molecule has 2 aromatic rings. The first-order valence-electron chi connectivity index (χ1n) is 6.25. The number of pyridine rings is 1. The highest BCUT2D eigenvalue weighted by Crippen LogP contribution is 2.13. The lowest BCUT2D eigenvalue weighted by molar-refractivity contribution is -0.119. The van der Waals surface area contributed by atoms with Crippen LogP contribution in [0.1, 0.15) is 15.9 Å². The Hall–Kier alpha value is -3.40. The molecule has 7 heteroatoms. The molecule has 1 heterocycles. The Balaban J connectivity index is 1.96. The quantitative estimate of drug-likeness (QED) is 0.819. The summed E-state index contributed by atoms with van der Waals surface area (Å²) in [6.07, 6.45) is 1.38. The number of ether oxygens (including phenoxy) is 1. The van der Waals surface area contributed by atoms with Crippen molar-refractivity contribution < 1.29 is 14.3 Å². The van der Waals surface area contributed by atoms with Gasteiger partial charge < -0.3 is 15.0 Å². The maximum atomic E-state index is 11.7. The number of aromatic amines is 1. The van der Waals surface area contributed by atoms with Gasteiger partial charge in [-0.2, -0.15) is 5.26 Å². The SMILES string of the molecule is N#Cc1ccccc1NC(=O)COC(=O)c1ccc[nH]c1=O. The van der Waals surface area contributed by atoms with Crippen molar-refractivity contribution in [3.05, 3.63) is 64.1 Å². The maximum absolute atomic E-state index is 11.7. The van der Waals surface area contributed by atoms with Gasteiger partial charge in [0.05, 0.1) is 11.3 Å². The zero-order valence-electron chi connectivity index (χ0n) is 11.3. The molecule has 0 aliphatic heterocycles. The highest BCUT2D eigenvalue weighted by atomic mass is 16.5. The Bertz CT molecular complexity index is 805. The lowest BCUT2D eigenvalue weighted by Gasteiger charge is -2.07. The highest BCUT2D eigenvalue weighted by Gasteiger charge is 2.14. The molecule has 0 bridgehead atoms. The van der Waals surface area contributed by atoms with Crippen LogP contribution >= 0.6 is 0 Å². The Morgan fingerprint density at radius 2 is 2.00 bits per heavy atom. The van der Waals surface area contributed by atoms with Gasteiger partial charge in [-0.25, -0.2) is 4.79 Å². The number of nitrogens with zero attached hydrogens (tertiary/aromatic N) is 1. The van der Waals surface area contributed by atoms with Gasteiger partial charge in [0, 0.05) is 6.20 Å². The molecule has 0 radical (unpaired) electrons. The lowest BCUT2D eigenvalue weighted by atomic mass is 10.2. The van der Waals surface area contributed by atoms with E-state index in [1.807, 2.05) is 6.07 Å². The first-order chi connectivity index (χ1) is 10.6. The predicted molar refractivity (Wildman–Crippen MR) is 77.1 cm³/mol. The summed E-state index contributed by atoms with van der Waals surface area (Å²) in [5.74, 6) is -1.51. The number of nitrogens with one attached hydrogen (secondary N) is 2. The number of hydrogen-bond donors (Lipinski definition) is 2. The average molecular weight is 297 g/mol. The molecule has 0 fully saturated rings. The van der Waals surface area contributed by atoms with Crippen LogP contribution in [0.5, 0.6) is 0 Å². The zero-order chi connectivity index (χ0) is 15.9. The highest BCUT2D eigenvalue weighted by molar-refractivity contribution is 5.96. The van der Waals surface area contributed by atoms with E-state index in [2.05, 4.69) is 10.3 Å². The van der Waals surface area contributed by atoms with Crippen LogP contribution in [0.15, 0.2) is 47.4 Å². The van der Waals surface area contributed by atoms with Crippen LogP contribution in [-0.4, -0.2) is 23.5 Å². The number of H-pyrrole nitrogens is 1. The molecule has 1 aromatic carbocycles. The fraction of sp³-hybridized carbons (Fsp3) is 0.0667. The number of hydrogen-bond acceptors (Lipinski definition) is 5. The van der Waals surface area contributed by atoms with E-state index >= 15 is 0 Å². The number of aromatic nitrogens is 1. The summed E-state index contributed by atoms with van der Waals surface area (Å²) in [5, 5.41) is 11.4. The van der Waals surface area contributed by atoms with Crippen molar-refractivity contribution in [3.8, 4) is 6.07 Å². The van der Waals surface area contributed by atoms with E-state index in [-0.39, 0.29) is 5.56 Å². The molecule has 7 nitrogen and oxygen atoms in total. The van der Waals surface area contributed by atoms with Crippen molar-refractivity contribution in [2.75, 3.05) is 11.9 Å². The Morgan fingerprint density at radius 3 is 2.73 bits per heavy atom. The number of rotatable bonds is 4. The molecule has 110 valence electrons. The van der Waals surface area contributed by atoms with Gasteiger partial charge in [-0.05, 0) is 24.3 Å². The molecule has 1 aromatic heterocycles. The molecule has 0 saturated carbocycles. The monoisotopic (exact) mass is 297 g/mol. The van der Waals surface area contributed by atoms with Crippen molar-refractivity contribution in [2.24, 2.45) is 0 Å². The van der Waals surface area contributed by atoms with Crippen molar-refractivity contribution >= 4 is 17.6 Å². The molecule has 22 heavy (non-hydrogen) atoms. The molecule has 2 rings (SSSR count). The van der Waals surface area contributed by atoms with Crippen LogP contribution in [0.4, 0.5) is 5.69 Å². The van der Waals surface area contributed by atoms with E-state index in [0.29, 0.717) is 11.3 Å². The Labute approximate surface area is 125 Å². The molecule has 0 spiro atoms. The molecule has 0 saturated heterocycles. The minimum atomic E-state index is -0.898. The summed E-state index contributed by atoms with van der Waals surface area (Å²) in [6, 6.07) is 11.1. The number of nitriles is 1. The van der Waals surface area contributed by atoms with E-state index in [1.54, 1.807) is 24.3 Å². The molecule has 0 atom stereocenters. The summed E-state index contributed by atoms with van der Waals surface area (Å²) in [5.41, 5.74) is -0.166. The third-order valence-corrected chi connectivity index (χ3v) is 2.69. The van der Waals surface area contributed by atoms with Gasteiger partial charge in [0.1, 0.15) is 11.6 Å². The smallest absolute Gasteiger partial charge is 0.344 e. The largest absolute Gasteiger partial charge is 0.452 e. The molecule has 0 aliphatic rings. The summed E-state index contributed by atoms with van der Waals surface area (Å²) in [7, 11) is 0. The van der Waals surface area contributed by atoms with Gasteiger partial charge in [0.15, 0.2) is 6.61 Å². The fourth-order valence-corrected chi connectivity index (χ4v) is 1.67. The molecule has 1 amide bonds. The molecule has 0 unspecified atom stereocenters. The van der Waals surface area contributed by atoms with Gasteiger partial charge in [-0.15, -0.1) is 0 Å². The summed E-state index contributed by atoms with van der Waals surface area (Å²) >= 11 is 0. The fourth-order valence-electron chi connectivity index (χ4n) is 1.67. The first kappa shape index (κ1) is 15.0. The van der Waals surface area contributed by atoms with Gasteiger partial charge in [-0.3, -0.25) is 9.59 Å². The van der Waals surface area contributed by atoms with Crippen molar-refractivity contribution in [3.63, 3.8) is 0 Å². The number of carbonyl (C=O) groups is 2. The number of para-hydroxylation sites is 1. The number of esters is 1. The van der Waals surface area contributed by atoms with Crippen LogP contribution in [0, 0.1) is 11.3 Å². The standard InChI is InChI=1S/C15H11N3O4/c16-8-10-4-1-2-6-12(10)18-13(19)9-22-15(21)11-5-3-7-17-14(11)20/h1-7H,9H2,(H,17,20)(H,18,19). The van der Waals surface area contributed by atoms with Crippen LogP contribution in [0.25, 0.3) is 0 Å². The Kier molecular flexibility index (Phi) is 4.67. The van der Waals surface area contributed by atoms with Gasteiger partial charge in [-0.1, -0.05) is 12.1 Å². The molecular weight excluding hydrogens is 286 g/mol. The molecular formula is C15H11N3O4. The van der Waals surface area contributed by atoms with E-state index in [0.717, 1.165) is 0 Å². The van der Waals surface area contributed by atoms with Crippen LogP contribution < -0.4 is 10.9 Å². The summed E-state index contributed by atoms with van der Waals surface area (Å²) in [6.45, 7) is -0.563. The average Bonchev–Trinajstić information content (AvgIpc) is 2.53. The van der Waals surface area contributed by atoms with E-state index in [9.17, 15) is 14.4 Å². The van der Waals surface area contributed by atoms with Crippen molar-refractivity contribution in [1.29, 1.82) is 5.26 Å². The van der Waals surface area contributed by atoms with E-state index in [1.165, 1.54) is 18.3 Å². The van der Waals surface area contributed by atoms with Crippen LogP contribution in [-0.2, 0) is 9.53 Å². The van der Waals surface area contributed by atoms with E-state index in [4.69, 9.17) is 10.00 Å². The second-order valence-corrected chi connectivity index (χ2v) is 4.19. The number of anilines is 1. The van der Waals surface area contributed by atoms with Gasteiger partial charge in [0.2, 0.25) is 0 Å². The summed E-state index contributed by atoms with van der Waals surface area (Å²) in [4.78, 5) is 37.1. The third-order valence-electron chi connectivity index (χ3n) is 2.69. The van der Waals surface area contributed by atoms with Crippen LogP contribution in [0.3, 0.4) is 0 Å². The minimum Gasteiger partial charge on any atom is -0.452 e. The summed E-state index contributed by atoms with van der Waals surface area (Å²) < 4.78 is 4.76. The number of benzene rings is 1. The zero-order valence-corrected chi connectivity index (χ0v) is 11.3. The minimum absolute atomic E-state index is 0.187. The van der Waals surface area contributed by atoms with E-state index < -0.39 is 24.0 Å². The normalized spacial score (nSPS) is 9.59. The van der Waals surface area contributed by atoms with Crippen molar-refractivity contribution in [1.82, 2.24) is 4.98 Å². The third kappa shape index (κ3) is 3.58. The lowest BCUT2D eigenvalue weighted by Crippen LogP contribution is -2.24. The Morgan fingerprint density at radius 1 is 1.23 bits per heavy atom. The first-order valence-corrected chi connectivity index (χ1v) is 6.25. The van der Waals surface area contributed by atoms with Gasteiger partial charge >= 0.3 is 5.97 Å². The number of amides is 1. The van der Waals surface area contributed by atoms with Crippen LogP contribution in [0.2, 0.25) is 0 Å². The second kappa shape index (κ2) is 6.85.